The number of benzene rings is 2. The smallest absolute Gasteiger partial charge is 0.127 e. The molecule has 1 saturated carbocycles. The Morgan fingerprint density at radius 3 is 2.58 bits per heavy atom. The van der Waals surface area contributed by atoms with Gasteiger partial charge < -0.3 is 9.84 Å². The maximum Gasteiger partial charge on any atom is 0.127 e. The van der Waals surface area contributed by atoms with Crippen LogP contribution >= 0.6 is 0 Å². The SMILES string of the molecule is Cc1ccccc1OC[C@H](O)CN(Cc1ccccc1F)C1CC1. The van der Waals surface area contributed by atoms with E-state index < -0.39 is 6.10 Å². The van der Waals surface area contributed by atoms with Crippen molar-refractivity contribution in [3.8, 4) is 5.75 Å². The highest BCUT2D eigenvalue weighted by Crippen LogP contribution is 2.29. The Bertz CT molecular complexity index is 672. The molecule has 4 heteroatoms. The van der Waals surface area contributed by atoms with Crippen molar-refractivity contribution >= 4 is 0 Å². The highest BCUT2D eigenvalue weighted by molar-refractivity contribution is 5.31. The van der Waals surface area contributed by atoms with E-state index in [1.54, 1.807) is 12.1 Å². The number of hydrogen-bond donors (Lipinski definition) is 1. The molecule has 3 rings (SSSR count). The molecule has 24 heavy (non-hydrogen) atoms. The van der Waals surface area contributed by atoms with Gasteiger partial charge in [-0.3, -0.25) is 4.90 Å². The van der Waals surface area contributed by atoms with E-state index in [1.165, 1.54) is 6.07 Å². The molecule has 0 bridgehead atoms. The van der Waals surface area contributed by atoms with Crippen molar-refractivity contribution in [3.63, 3.8) is 0 Å². The Labute approximate surface area is 142 Å². The second-order valence-electron chi connectivity index (χ2n) is 6.48. The standard InChI is InChI=1S/C20H24FNO2/c1-15-6-2-5-9-20(15)24-14-18(23)13-22(17-10-11-17)12-16-7-3-4-8-19(16)21/h2-9,17-18,23H,10-14H2,1H3/t18-/m1/s1. The molecule has 0 aromatic heterocycles. The van der Waals surface area contributed by atoms with Gasteiger partial charge in [-0.2, -0.15) is 0 Å². The Hall–Kier alpha value is -1.91. The van der Waals surface area contributed by atoms with E-state index in [9.17, 15) is 9.50 Å². The van der Waals surface area contributed by atoms with Crippen LogP contribution in [0, 0.1) is 12.7 Å². The van der Waals surface area contributed by atoms with Gasteiger partial charge in [0.1, 0.15) is 24.3 Å². The summed E-state index contributed by atoms with van der Waals surface area (Å²) in [5.41, 5.74) is 1.73. The van der Waals surface area contributed by atoms with E-state index in [1.807, 2.05) is 37.3 Å². The van der Waals surface area contributed by atoms with Gasteiger partial charge in [-0.1, -0.05) is 36.4 Å². The number of nitrogens with zero attached hydrogens (tertiary/aromatic N) is 1. The molecule has 0 heterocycles. The molecule has 0 amide bonds. The lowest BCUT2D eigenvalue weighted by Crippen LogP contribution is -2.37. The van der Waals surface area contributed by atoms with Crippen molar-refractivity contribution in [2.75, 3.05) is 13.2 Å². The van der Waals surface area contributed by atoms with E-state index in [0.29, 0.717) is 24.7 Å². The van der Waals surface area contributed by atoms with Gasteiger partial charge in [0.05, 0.1) is 0 Å². The highest BCUT2D eigenvalue weighted by Gasteiger charge is 2.30. The molecule has 0 radical (unpaired) electrons. The molecule has 1 fully saturated rings. The van der Waals surface area contributed by atoms with Gasteiger partial charge in [0, 0.05) is 24.7 Å². The van der Waals surface area contributed by atoms with Crippen LogP contribution in [0.3, 0.4) is 0 Å². The fourth-order valence-corrected chi connectivity index (χ4v) is 2.86. The second-order valence-corrected chi connectivity index (χ2v) is 6.48. The number of aliphatic hydroxyl groups is 1. The van der Waals surface area contributed by atoms with Crippen LogP contribution in [0.15, 0.2) is 48.5 Å². The first-order chi connectivity index (χ1) is 11.6. The van der Waals surface area contributed by atoms with Crippen molar-refractivity contribution in [2.45, 2.75) is 38.5 Å². The van der Waals surface area contributed by atoms with Crippen molar-refractivity contribution in [1.29, 1.82) is 0 Å². The minimum atomic E-state index is -0.600. The Morgan fingerprint density at radius 2 is 1.88 bits per heavy atom. The third-order valence-corrected chi connectivity index (χ3v) is 4.36. The molecule has 128 valence electrons. The summed E-state index contributed by atoms with van der Waals surface area (Å²) in [5, 5.41) is 10.3. The number of aryl methyl sites for hydroxylation is 1. The molecule has 0 saturated heterocycles. The molecule has 2 aromatic rings. The lowest BCUT2D eigenvalue weighted by molar-refractivity contribution is 0.0620. The van der Waals surface area contributed by atoms with Crippen LogP contribution in [0.25, 0.3) is 0 Å². The Balaban J connectivity index is 1.55. The molecule has 1 atom stereocenters. The van der Waals surface area contributed by atoms with Gasteiger partial charge in [0.25, 0.3) is 0 Å². The topological polar surface area (TPSA) is 32.7 Å². The van der Waals surface area contributed by atoms with Crippen molar-refractivity contribution in [1.82, 2.24) is 4.90 Å². The zero-order chi connectivity index (χ0) is 16.9. The molecular formula is C20H24FNO2. The monoisotopic (exact) mass is 329 g/mol. The third kappa shape index (κ3) is 4.56. The predicted octanol–water partition coefficient (Wildman–Crippen LogP) is 3.54. The van der Waals surface area contributed by atoms with Crippen LogP contribution in [0.4, 0.5) is 4.39 Å². The first kappa shape index (κ1) is 16.9. The molecule has 1 N–H and O–H groups in total. The Kier molecular flexibility index (Phi) is 5.48. The average Bonchev–Trinajstić information content (AvgIpc) is 3.40. The summed E-state index contributed by atoms with van der Waals surface area (Å²) in [6.45, 7) is 3.24. The summed E-state index contributed by atoms with van der Waals surface area (Å²) >= 11 is 0. The number of aliphatic hydroxyl groups excluding tert-OH is 1. The number of rotatable bonds is 8. The minimum absolute atomic E-state index is 0.186. The van der Waals surface area contributed by atoms with Crippen LogP contribution in [0.5, 0.6) is 5.75 Å². The van der Waals surface area contributed by atoms with E-state index in [4.69, 9.17) is 4.74 Å². The lowest BCUT2D eigenvalue weighted by Gasteiger charge is -2.25. The van der Waals surface area contributed by atoms with E-state index >= 15 is 0 Å². The summed E-state index contributed by atoms with van der Waals surface area (Å²) in [4.78, 5) is 2.16. The van der Waals surface area contributed by atoms with Gasteiger partial charge in [-0.25, -0.2) is 4.39 Å². The number of ether oxygens (including phenoxy) is 1. The van der Waals surface area contributed by atoms with Gasteiger partial charge in [0.15, 0.2) is 0 Å². The van der Waals surface area contributed by atoms with Crippen LogP contribution in [-0.2, 0) is 6.54 Å². The maximum absolute atomic E-state index is 13.9. The highest BCUT2D eigenvalue weighted by atomic mass is 19.1. The fourth-order valence-electron chi connectivity index (χ4n) is 2.86. The summed E-state index contributed by atoms with van der Waals surface area (Å²) in [5.74, 6) is 0.609. The second kappa shape index (κ2) is 7.77. The van der Waals surface area contributed by atoms with Crippen molar-refractivity contribution in [2.24, 2.45) is 0 Å². The van der Waals surface area contributed by atoms with E-state index in [2.05, 4.69) is 4.90 Å². The molecule has 0 aliphatic heterocycles. The number of para-hydroxylation sites is 1. The summed E-state index contributed by atoms with van der Waals surface area (Å²) in [7, 11) is 0. The fraction of sp³-hybridized carbons (Fsp3) is 0.400. The number of halogens is 1. The van der Waals surface area contributed by atoms with E-state index in [-0.39, 0.29) is 12.4 Å². The minimum Gasteiger partial charge on any atom is -0.491 e. The molecule has 1 aliphatic carbocycles. The average molecular weight is 329 g/mol. The first-order valence-electron chi connectivity index (χ1n) is 8.47. The zero-order valence-electron chi connectivity index (χ0n) is 14.0. The van der Waals surface area contributed by atoms with Crippen molar-refractivity contribution in [3.05, 3.63) is 65.5 Å². The maximum atomic E-state index is 13.9. The molecule has 2 aromatic carbocycles. The summed E-state index contributed by atoms with van der Waals surface area (Å²) in [6, 6.07) is 15.0. The molecule has 0 spiro atoms. The van der Waals surface area contributed by atoms with Gasteiger partial charge in [0.2, 0.25) is 0 Å². The Morgan fingerprint density at radius 1 is 1.17 bits per heavy atom. The zero-order valence-corrected chi connectivity index (χ0v) is 14.0. The first-order valence-corrected chi connectivity index (χ1v) is 8.47. The molecule has 0 unspecified atom stereocenters. The normalized spacial score (nSPS) is 15.5. The predicted molar refractivity (Wildman–Crippen MR) is 92.5 cm³/mol. The van der Waals surface area contributed by atoms with Crippen LogP contribution in [0.2, 0.25) is 0 Å². The van der Waals surface area contributed by atoms with Crippen molar-refractivity contribution < 1.29 is 14.2 Å². The lowest BCUT2D eigenvalue weighted by atomic mass is 10.2. The molecular weight excluding hydrogens is 305 g/mol. The largest absolute Gasteiger partial charge is 0.491 e. The molecule has 3 nitrogen and oxygen atoms in total. The number of hydrogen-bond acceptors (Lipinski definition) is 3. The van der Waals surface area contributed by atoms with Crippen LogP contribution in [0.1, 0.15) is 24.0 Å². The van der Waals surface area contributed by atoms with E-state index in [0.717, 1.165) is 24.2 Å². The third-order valence-electron chi connectivity index (χ3n) is 4.36. The van der Waals surface area contributed by atoms with Gasteiger partial charge in [-0.05, 0) is 37.5 Å². The summed E-state index contributed by atoms with van der Waals surface area (Å²) < 4.78 is 19.6. The quantitative estimate of drug-likeness (QED) is 0.804. The van der Waals surface area contributed by atoms with Gasteiger partial charge >= 0.3 is 0 Å². The van der Waals surface area contributed by atoms with Crippen LogP contribution < -0.4 is 4.74 Å². The summed E-state index contributed by atoms with van der Waals surface area (Å²) in [6.07, 6.45) is 1.62. The molecule has 1 aliphatic rings. The van der Waals surface area contributed by atoms with Crippen LogP contribution in [-0.4, -0.2) is 35.3 Å². The van der Waals surface area contributed by atoms with Gasteiger partial charge in [-0.15, -0.1) is 0 Å².